The molecule has 0 radical (unpaired) electrons. The zero-order valence-electron chi connectivity index (χ0n) is 14.9. The topological polar surface area (TPSA) is 56.8 Å². The van der Waals surface area contributed by atoms with Gasteiger partial charge in [-0.25, -0.2) is 0 Å². The molecule has 1 amide bonds. The number of methoxy groups -OCH3 is 3. The van der Waals surface area contributed by atoms with Crippen LogP contribution in [0.25, 0.3) is 0 Å². The van der Waals surface area contributed by atoms with Crippen LogP contribution in [0.2, 0.25) is 10.0 Å². The number of ether oxygens (including phenoxy) is 3. The second-order valence-electron chi connectivity index (χ2n) is 5.51. The normalized spacial score (nSPS) is 10.3. The van der Waals surface area contributed by atoms with E-state index in [1.807, 2.05) is 0 Å². The Morgan fingerprint density at radius 1 is 1.00 bits per heavy atom. The largest absolute Gasteiger partial charge is 0.493 e. The standard InChI is InChI=1S/C19H21Cl2NO4/c1-24-16-9-12(10-17(25-2)19(16)26-3)11-22-18(23)8-7-13-14(20)5-4-6-15(13)21/h4-6,9-10H,7-8,11H2,1-3H3,(H,22,23). The smallest absolute Gasteiger partial charge is 0.220 e. The highest BCUT2D eigenvalue weighted by molar-refractivity contribution is 6.36. The van der Waals surface area contributed by atoms with Gasteiger partial charge in [-0.2, -0.15) is 0 Å². The summed E-state index contributed by atoms with van der Waals surface area (Å²) in [5.74, 6) is 1.49. The Morgan fingerprint density at radius 3 is 2.08 bits per heavy atom. The van der Waals surface area contributed by atoms with Crippen LogP contribution in [0, 0.1) is 0 Å². The zero-order chi connectivity index (χ0) is 19.1. The average Bonchev–Trinajstić information content (AvgIpc) is 2.64. The minimum absolute atomic E-state index is 0.102. The van der Waals surface area contributed by atoms with E-state index in [1.165, 1.54) is 0 Å². The third-order valence-corrected chi connectivity index (χ3v) is 4.59. The van der Waals surface area contributed by atoms with Gasteiger partial charge in [0.2, 0.25) is 11.7 Å². The summed E-state index contributed by atoms with van der Waals surface area (Å²) in [6.45, 7) is 0.339. The first-order chi connectivity index (χ1) is 12.5. The second kappa shape index (κ2) is 9.55. The number of rotatable bonds is 8. The first kappa shape index (κ1) is 20.2. The molecule has 0 heterocycles. The number of nitrogens with one attached hydrogen (secondary N) is 1. The van der Waals surface area contributed by atoms with Crippen molar-refractivity contribution in [2.75, 3.05) is 21.3 Å². The summed E-state index contributed by atoms with van der Waals surface area (Å²) in [6.07, 6.45) is 0.757. The average molecular weight is 398 g/mol. The van der Waals surface area contributed by atoms with E-state index in [0.29, 0.717) is 40.3 Å². The molecule has 0 aliphatic carbocycles. The predicted molar refractivity (Wildman–Crippen MR) is 103 cm³/mol. The highest BCUT2D eigenvalue weighted by atomic mass is 35.5. The third-order valence-electron chi connectivity index (χ3n) is 3.88. The fourth-order valence-corrected chi connectivity index (χ4v) is 3.12. The molecule has 5 nitrogen and oxygen atoms in total. The van der Waals surface area contributed by atoms with Crippen molar-refractivity contribution in [1.82, 2.24) is 5.32 Å². The minimum Gasteiger partial charge on any atom is -0.493 e. The Balaban J connectivity index is 1.99. The van der Waals surface area contributed by atoms with Crippen LogP contribution in [0.1, 0.15) is 17.5 Å². The van der Waals surface area contributed by atoms with Crippen LogP contribution in [-0.4, -0.2) is 27.2 Å². The van der Waals surface area contributed by atoms with Crippen LogP contribution in [-0.2, 0) is 17.8 Å². The number of amides is 1. The summed E-state index contributed by atoms with van der Waals surface area (Å²) in [7, 11) is 4.64. The van der Waals surface area contributed by atoms with Gasteiger partial charge < -0.3 is 19.5 Å². The van der Waals surface area contributed by atoms with E-state index in [9.17, 15) is 4.79 Å². The van der Waals surface area contributed by atoms with E-state index in [4.69, 9.17) is 37.4 Å². The summed E-state index contributed by atoms with van der Waals surface area (Å²) in [5.41, 5.74) is 1.61. The van der Waals surface area contributed by atoms with Crippen LogP contribution < -0.4 is 19.5 Å². The molecule has 2 aromatic carbocycles. The fraction of sp³-hybridized carbons (Fsp3) is 0.316. The SMILES string of the molecule is COc1cc(CNC(=O)CCc2c(Cl)cccc2Cl)cc(OC)c1OC. The molecule has 2 aromatic rings. The van der Waals surface area contributed by atoms with Gasteiger partial charge in [0.05, 0.1) is 21.3 Å². The lowest BCUT2D eigenvalue weighted by atomic mass is 10.1. The van der Waals surface area contributed by atoms with Gasteiger partial charge in [0.1, 0.15) is 0 Å². The second-order valence-corrected chi connectivity index (χ2v) is 6.32. The summed E-state index contributed by atoms with van der Waals surface area (Å²) in [4.78, 5) is 12.2. The van der Waals surface area contributed by atoms with Crippen LogP contribution in [0.4, 0.5) is 0 Å². The fourth-order valence-electron chi connectivity index (χ4n) is 2.54. The van der Waals surface area contributed by atoms with Crippen molar-refractivity contribution in [2.45, 2.75) is 19.4 Å². The maximum atomic E-state index is 12.2. The van der Waals surface area contributed by atoms with Crippen molar-refractivity contribution in [2.24, 2.45) is 0 Å². The highest BCUT2D eigenvalue weighted by Crippen LogP contribution is 2.38. The van der Waals surface area contributed by atoms with Crippen molar-refractivity contribution in [3.8, 4) is 17.2 Å². The molecule has 0 atom stereocenters. The Kier molecular flexibility index (Phi) is 7.42. The molecule has 1 N–H and O–H groups in total. The summed E-state index contributed by atoms with van der Waals surface area (Å²) < 4.78 is 15.9. The van der Waals surface area contributed by atoms with Crippen LogP contribution >= 0.6 is 23.2 Å². The van der Waals surface area contributed by atoms with E-state index in [2.05, 4.69) is 5.32 Å². The number of benzene rings is 2. The van der Waals surface area contributed by atoms with Gasteiger partial charge in [0.25, 0.3) is 0 Å². The molecule has 7 heteroatoms. The molecule has 0 aliphatic rings. The molecule has 26 heavy (non-hydrogen) atoms. The van der Waals surface area contributed by atoms with Crippen LogP contribution in [0.15, 0.2) is 30.3 Å². The molecule has 0 aromatic heterocycles. The Bertz CT molecular complexity index is 735. The minimum atomic E-state index is -0.102. The van der Waals surface area contributed by atoms with E-state index >= 15 is 0 Å². The van der Waals surface area contributed by atoms with Crippen molar-refractivity contribution >= 4 is 29.1 Å². The molecule has 140 valence electrons. The van der Waals surface area contributed by atoms with Gasteiger partial charge >= 0.3 is 0 Å². The molecule has 2 rings (SSSR count). The number of halogens is 2. The Labute approximate surface area is 163 Å². The van der Waals surface area contributed by atoms with Crippen molar-refractivity contribution < 1.29 is 19.0 Å². The summed E-state index contributed by atoms with van der Waals surface area (Å²) in [6, 6.07) is 8.89. The first-order valence-corrected chi connectivity index (χ1v) is 8.74. The highest BCUT2D eigenvalue weighted by Gasteiger charge is 2.14. The van der Waals surface area contributed by atoms with Crippen LogP contribution in [0.5, 0.6) is 17.2 Å². The number of hydrogen-bond donors (Lipinski definition) is 1. The lowest BCUT2D eigenvalue weighted by molar-refractivity contribution is -0.121. The first-order valence-electron chi connectivity index (χ1n) is 7.98. The van der Waals surface area contributed by atoms with E-state index < -0.39 is 0 Å². The molecule has 0 fully saturated rings. The van der Waals surface area contributed by atoms with Gasteiger partial charge in [0.15, 0.2) is 11.5 Å². The molecular formula is C19H21Cl2NO4. The lowest BCUT2D eigenvalue weighted by Gasteiger charge is -2.14. The molecule has 0 aliphatic heterocycles. The molecular weight excluding hydrogens is 377 g/mol. The lowest BCUT2D eigenvalue weighted by Crippen LogP contribution is -2.23. The van der Waals surface area contributed by atoms with Gasteiger partial charge in [-0.1, -0.05) is 29.3 Å². The van der Waals surface area contributed by atoms with E-state index in [-0.39, 0.29) is 12.3 Å². The van der Waals surface area contributed by atoms with E-state index in [0.717, 1.165) is 11.1 Å². The monoisotopic (exact) mass is 397 g/mol. The number of carbonyl (C=O) groups is 1. The molecule has 0 spiro atoms. The van der Waals surface area contributed by atoms with Crippen molar-refractivity contribution in [3.63, 3.8) is 0 Å². The van der Waals surface area contributed by atoms with E-state index in [1.54, 1.807) is 51.7 Å². The summed E-state index contributed by atoms with van der Waals surface area (Å²) >= 11 is 12.3. The summed E-state index contributed by atoms with van der Waals surface area (Å²) in [5, 5.41) is 4.00. The van der Waals surface area contributed by atoms with Crippen LogP contribution in [0.3, 0.4) is 0 Å². The Morgan fingerprint density at radius 2 is 1.58 bits per heavy atom. The Hall–Kier alpha value is -2.11. The van der Waals surface area contributed by atoms with Gasteiger partial charge in [-0.05, 0) is 41.8 Å². The quantitative estimate of drug-likeness (QED) is 0.722. The maximum absolute atomic E-state index is 12.2. The third kappa shape index (κ3) is 4.96. The molecule has 0 saturated heterocycles. The zero-order valence-corrected chi connectivity index (χ0v) is 16.4. The maximum Gasteiger partial charge on any atom is 0.220 e. The molecule has 0 bridgehead atoms. The number of carbonyl (C=O) groups excluding carboxylic acids is 1. The molecule has 0 saturated carbocycles. The number of hydrogen-bond acceptors (Lipinski definition) is 4. The van der Waals surface area contributed by atoms with Gasteiger partial charge in [-0.3, -0.25) is 4.79 Å². The van der Waals surface area contributed by atoms with Gasteiger partial charge in [-0.15, -0.1) is 0 Å². The van der Waals surface area contributed by atoms with Crippen molar-refractivity contribution in [3.05, 3.63) is 51.5 Å². The predicted octanol–water partition coefficient (Wildman–Crippen LogP) is 4.27. The van der Waals surface area contributed by atoms with Gasteiger partial charge in [0, 0.05) is 23.0 Å². The van der Waals surface area contributed by atoms with Crippen molar-refractivity contribution in [1.29, 1.82) is 0 Å². The molecule has 0 unspecified atom stereocenters.